The van der Waals surface area contributed by atoms with Gasteiger partial charge in [0.15, 0.2) is 6.10 Å². The molecule has 0 saturated carbocycles. The summed E-state index contributed by atoms with van der Waals surface area (Å²) in [6.45, 7) is 4.17. The van der Waals surface area contributed by atoms with E-state index in [1.54, 1.807) is 0 Å². The molecule has 0 amide bonds. The lowest BCUT2D eigenvalue weighted by molar-refractivity contribution is -0.870. The molecule has 2 unspecified atom stereocenters. The molecule has 0 saturated heterocycles. The lowest BCUT2D eigenvalue weighted by atomic mass is 10.0. The first-order chi connectivity index (χ1) is 44.0. The largest absolute Gasteiger partial charge is 0.472 e. The molecule has 1 N–H and O–H groups in total. The monoisotopic (exact) mass is 1270 g/mol. The van der Waals surface area contributed by atoms with Gasteiger partial charge in [-0.1, -0.05) is 314 Å². The van der Waals surface area contributed by atoms with E-state index >= 15 is 0 Å². The number of unbranched alkanes of at least 4 members (excludes halogenated alkanes) is 28. The Kier molecular flexibility index (Phi) is 66.1. The fourth-order valence-corrected chi connectivity index (χ4v) is 10.6. The van der Waals surface area contributed by atoms with Crippen LogP contribution >= 0.6 is 7.82 Å². The van der Waals surface area contributed by atoms with Crippen molar-refractivity contribution in [2.75, 3.05) is 47.5 Å². The van der Waals surface area contributed by atoms with E-state index in [9.17, 15) is 19.0 Å². The van der Waals surface area contributed by atoms with Crippen molar-refractivity contribution in [2.24, 2.45) is 0 Å². The fourth-order valence-electron chi connectivity index (χ4n) is 9.85. The smallest absolute Gasteiger partial charge is 0.462 e. The molecule has 0 aromatic rings. The van der Waals surface area contributed by atoms with Gasteiger partial charge in [-0.3, -0.25) is 18.6 Å². The molecule has 0 aliphatic carbocycles. The standard InChI is InChI=1S/C80H136NO8P/c1-6-8-10-12-14-16-18-20-22-24-26-28-30-32-34-35-36-37-38-39-40-41-42-43-44-45-47-48-50-52-54-56-58-60-62-64-66-68-70-72-79(82)86-76-78(77-88-90(84,85)87-75-74-81(3,4)5)89-80(83)73-71-69-67-65-63-61-59-57-55-53-51-49-46-33-31-29-27-25-23-21-19-17-15-13-11-9-7-2/h8-11,14-17,20-23,26-29,33,46,51,53,57,59,63,65,78H,6-7,12-13,18-19,24-25,30-32,34-45,47-50,52,54-56,58,60-62,64,66-77H2,1-5H3/p+1/b10-8-,11-9-,16-14-,17-15-,22-20-,23-21-,28-26-,29-27-,46-33-,53-51-,59-57-,65-63-. The van der Waals surface area contributed by atoms with E-state index in [0.29, 0.717) is 17.4 Å². The fraction of sp³-hybridized carbons (Fsp3) is 0.675. The molecule has 9 nitrogen and oxygen atoms in total. The summed E-state index contributed by atoms with van der Waals surface area (Å²) in [5, 5.41) is 0. The van der Waals surface area contributed by atoms with Gasteiger partial charge in [-0.05, 0) is 116 Å². The zero-order chi connectivity index (χ0) is 65.5. The van der Waals surface area contributed by atoms with Gasteiger partial charge in [-0.2, -0.15) is 0 Å². The summed E-state index contributed by atoms with van der Waals surface area (Å²) in [5.74, 6) is -0.848. The third-order valence-electron chi connectivity index (χ3n) is 15.4. The number of esters is 2. The van der Waals surface area contributed by atoms with Crippen molar-refractivity contribution in [1.29, 1.82) is 0 Å². The van der Waals surface area contributed by atoms with Gasteiger partial charge in [0, 0.05) is 12.8 Å². The number of rotatable bonds is 66. The summed E-state index contributed by atoms with van der Waals surface area (Å²) < 4.78 is 34.7. The van der Waals surface area contributed by atoms with Crippen LogP contribution in [-0.4, -0.2) is 74.9 Å². The van der Waals surface area contributed by atoms with Gasteiger partial charge >= 0.3 is 19.8 Å². The van der Waals surface area contributed by atoms with Crippen molar-refractivity contribution < 1.29 is 42.1 Å². The van der Waals surface area contributed by atoms with Crippen LogP contribution in [0, 0.1) is 0 Å². The first-order valence-corrected chi connectivity index (χ1v) is 38.1. The first-order valence-electron chi connectivity index (χ1n) is 36.6. The topological polar surface area (TPSA) is 108 Å². The van der Waals surface area contributed by atoms with Gasteiger partial charge in [-0.15, -0.1) is 0 Å². The Labute approximate surface area is 554 Å². The molecular formula is C80H137NO8P+. The van der Waals surface area contributed by atoms with Crippen LogP contribution in [0.4, 0.5) is 0 Å². The summed E-state index contributed by atoms with van der Waals surface area (Å²) >= 11 is 0. The van der Waals surface area contributed by atoms with E-state index in [2.05, 4.69) is 160 Å². The van der Waals surface area contributed by atoms with Gasteiger partial charge in [-0.25, -0.2) is 4.57 Å². The maximum Gasteiger partial charge on any atom is 0.472 e. The van der Waals surface area contributed by atoms with E-state index in [1.165, 1.54) is 154 Å². The van der Waals surface area contributed by atoms with Crippen LogP contribution in [0.1, 0.15) is 296 Å². The second-order valence-corrected chi connectivity index (χ2v) is 26.7. The van der Waals surface area contributed by atoms with E-state index in [4.69, 9.17) is 18.5 Å². The molecule has 0 aromatic heterocycles. The van der Waals surface area contributed by atoms with Gasteiger partial charge in [0.05, 0.1) is 27.7 Å². The number of carbonyl (C=O) groups excluding carboxylic acids is 2. The Morgan fingerprint density at radius 2 is 0.600 bits per heavy atom. The Morgan fingerprint density at radius 3 is 0.911 bits per heavy atom. The molecule has 0 aliphatic heterocycles. The van der Waals surface area contributed by atoms with Crippen molar-refractivity contribution in [3.63, 3.8) is 0 Å². The highest BCUT2D eigenvalue weighted by Crippen LogP contribution is 2.43. The molecule has 0 bridgehead atoms. The lowest BCUT2D eigenvalue weighted by Gasteiger charge is -2.24. The van der Waals surface area contributed by atoms with Crippen LogP contribution in [0.2, 0.25) is 0 Å². The number of phosphoric ester groups is 1. The maximum absolute atomic E-state index is 12.9. The van der Waals surface area contributed by atoms with Crippen LogP contribution in [0.3, 0.4) is 0 Å². The normalized spacial score (nSPS) is 14.0. The second-order valence-electron chi connectivity index (χ2n) is 25.2. The Hall–Kier alpha value is -4.11. The molecule has 0 fully saturated rings. The van der Waals surface area contributed by atoms with Crippen molar-refractivity contribution in [1.82, 2.24) is 0 Å². The average Bonchev–Trinajstić information content (AvgIpc) is 3.61. The number of quaternary nitrogens is 1. The number of hydrogen-bond donors (Lipinski definition) is 1. The molecule has 0 heterocycles. The molecule has 0 aliphatic rings. The molecule has 514 valence electrons. The van der Waals surface area contributed by atoms with Crippen molar-refractivity contribution in [2.45, 2.75) is 302 Å². The van der Waals surface area contributed by atoms with Crippen LogP contribution in [0.15, 0.2) is 146 Å². The van der Waals surface area contributed by atoms with Crippen molar-refractivity contribution >= 4 is 19.8 Å². The molecular weight excluding hydrogens is 1130 g/mol. The Bertz CT molecular complexity index is 2030. The average molecular weight is 1270 g/mol. The zero-order valence-electron chi connectivity index (χ0n) is 58.6. The maximum atomic E-state index is 12.9. The van der Waals surface area contributed by atoms with E-state index in [1.807, 2.05) is 21.1 Å². The van der Waals surface area contributed by atoms with Crippen LogP contribution in [0.25, 0.3) is 0 Å². The molecule has 90 heavy (non-hydrogen) atoms. The second kappa shape index (κ2) is 69.2. The number of hydrogen-bond acceptors (Lipinski definition) is 7. The summed E-state index contributed by atoms with van der Waals surface area (Å²) in [4.78, 5) is 35.9. The minimum atomic E-state index is -4.41. The summed E-state index contributed by atoms with van der Waals surface area (Å²) in [7, 11) is 1.44. The van der Waals surface area contributed by atoms with Gasteiger partial charge in [0.2, 0.25) is 0 Å². The highest BCUT2D eigenvalue weighted by molar-refractivity contribution is 7.47. The van der Waals surface area contributed by atoms with Crippen molar-refractivity contribution in [3.8, 4) is 0 Å². The quantitative estimate of drug-likeness (QED) is 0.0211. The van der Waals surface area contributed by atoms with E-state index in [-0.39, 0.29) is 32.0 Å². The molecule has 0 spiro atoms. The minimum absolute atomic E-state index is 0.0172. The number of nitrogens with zero attached hydrogens (tertiary/aromatic N) is 1. The van der Waals surface area contributed by atoms with Gasteiger partial charge in [0.1, 0.15) is 19.8 Å². The highest BCUT2D eigenvalue weighted by atomic mass is 31.2. The summed E-state index contributed by atoms with van der Waals surface area (Å²) in [6, 6.07) is 0. The highest BCUT2D eigenvalue weighted by Gasteiger charge is 2.27. The first kappa shape index (κ1) is 85.9. The van der Waals surface area contributed by atoms with Crippen LogP contribution in [-0.2, 0) is 32.7 Å². The minimum Gasteiger partial charge on any atom is -0.462 e. The molecule has 2 atom stereocenters. The SMILES string of the molecule is CC/C=C\C/C=C\C/C=C\C/C=C\C/C=C\C/C=C\C/C=C\C/C=C\CCCCC(=O)OC(COC(=O)CCCCCCCCCCCCCCCCCCCCCCCCCCCC/C=C\C/C=C\C/C=C\C/C=C\CC)COP(=O)(O)OCC[N+](C)(C)C. The predicted octanol–water partition coefficient (Wildman–Crippen LogP) is 24.2. The third kappa shape index (κ3) is 72.9. The van der Waals surface area contributed by atoms with Crippen LogP contribution in [0.5, 0.6) is 0 Å². The van der Waals surface area contributed by atoms with E-state index in [0.717, 1.165) is 109 Å². The Morgan fingerprint density at radius 1 is 0.344 bits per heavy atom. The molecule has 0 rings (SSSR count). The Balaban J connectivity index is 4.04. The van der Waals surface area contributed by atoms with Crippen LogP contribution < -0.4 is 0 Å². The van der Waals surface area contributed by atoms with Gasteiger partial charge < -0.3 is 18.9 Å². The van der Waals surface area contributed by atoms with Gasteiger partial charge in [0.25, 0.3) is 0 Å². The summed E-state index contributed by atoms with van der Waals surface area (Å²) in [6.07, 6.45) is 103. The number of carbonyl (C=O) groups is 2. The molecule has 0 aromatic carbocycles. The number of allylic oxidation sites excluding steroid dienone is 24. The number of phosphoric acid groups is 1. The zero-order valence-corrected chi connectivity index (χ0v) is 59.5. The van der Waals surface area contributed by atoms with Crippen molar-refractivity contribution in [3.05, 3.63) is 146 Å². The summed E-state index contributed by atoms with van der Waals surface area (Å²) in [5.41, 5.74) is 0. The number of ether oxygens (including phenoxy) is 2. The number of likely N-dealkylation sites (N-methyl/N-ethyl adjacent to an activating group) is 1. The lowest BCUT2D eigenvalue weighted by Crippen LogP contribution is -2.37. The third-order valence-corrected chi connectivity index (χ3v) is 16.3. The molecule has 10 heteroatoms. The predicted molar refractivity (Wildman–Crippen MR) is 390 cm³/mol. The molecule has 0 radical (unpaired) electrons. The van der Waals surface area contributed by atoms with E-state index < -0.39 is 26.5 Å².